The van der Waals surface area contributed by atoms with Gasteiger partial charge in [0.1, 0.15) is 6.54 Å². The fraction of sp³-hybridized carbons (Fsp3) is 0.364. The van der Waals surface area contributed by atoms with Crippen LogP contribution in [0.2, 0.25) is 0 Å². The molecule has 1 heterocycles. The van der Waals surface area contributed by atoms with E-state index in [4.69, 9.17) is 0 Å². The number of para-hydroxylation sites is 1. The number of nitrogens with zero attached hydrogens (tertiary/aromatic N) is 2. The Morgan fingerprint density at radius 3 is 2.40 bits per heavy atom. The van der Waals surface area contributed by atoms with Gasteiger partial charge in [-0.15, -0.1) is 0 Å². The molecule has 0 saturated carbocycles. The summed E-state index contributed by atoms with van der Waals surface area (Å²) in [5.41, 5.74) is 3.77. The van der Waals surface area contributed by atoms with Crippen LogP contribution >= 0.6 is 0 Å². The molecule has 0 unspecified atom stereocenters. The van der Waals surface area contributed by atoms with Gasteiger partial charge < -0.3 is 10.2 Å². The zero-order valence-electron chi connectivity index (χ0n) is 17.5. The lowest BCUT2D eigenvalue weighted by Gasteiger charge is -2.25. The van der Waals surface area contributed by atoms with Crippen LogP contribution in [-0.4, -0.2) is 39.6 Å². The molecule has 2 aromatic carbocycles. The lowest BCUT2D eigenvalue weighted by atomic mass is 10.1. The Balaban J connectivity index is 1.71. The fourth-order valence-corrected chi connectivity index (χ4v) is 4.68. The average Bonchev–Trinajstić information content (AvgIpc) is 3.11. The molecule has 2 amide bonds. The highest BCUT2D eigenvalue weighted by Gasteiger charge is 2.24. The zero-order valence-corrected chi connectivity index (χ0v) is 18.3. The monoisotopic (exact) mass is 429 g/mol. The second-order valence-electron chi connectivity index (χ2n) is 7.61. The molecule has 1 fully saturated rings. The van der Waals surface area contributed by atoms with Crippen LogP contribution < -0.4 is 14.5 Å². The summed E-state index contributed by atoms with van der Waals surface area (Å²) in [5.74, 6) is -0.292. The molecule has 0 aromatic heterocycles. The molecule has 1 aliphatic heterocycles. The third-order valence-electron chi connectivity index (χ3n) is 5.16. The fourth-order valence-electron chi connectivity index (χ4n) is 3.70. The van der Waals surface area contributed by atoms with Gasteiger partial charge in [0.25, 0.3) is 0 Å². The minimum Gasteiger partial charge on any atom is -0.350 e. The summed E-state index contributed by atoms with van der Waals surface area (Å²) >= 11 is 0. The average molecular weight is 430 g/mol. The SMILES string of the molecule is Cc1cccc(C)c1N(CC(=O)NCc1cccc(N2CCCC2=O)c1)S(C)(=O)=O. The first-order valence-corrected chi connectivity index (χ1v) is 11.7. The molecule has 1 saturated heterocycles. The number of amides is 2. The highest BCUT2D eigenvalue weighted by Crippen LogP contribution is 2.26. The van der Waals surface area contributed by atoms with Crippen molar-refractivity contribution in [2.75, 3.05) is 28.6 Å². The summed E-state index contributed by atoms with van der Waals surface area (Å²) in [6.45, 7) is 4.30. The van der Waals surface area contributed by atoms with Crippen molar-refractivity contribution >= 4 is 33.2 Å². The van der Waals surface area contributed by atoms with Gasteiger partial charge in [0.15, 0.2) is 0 Å². The van der Waals surface area contributed by atoms with E-state index in [1.165, 1.54) is 0 Å². The van der Waals surface area contributed by atoms with E-state index in [1.807, 2.05) is 56.3 Å². The van der Waals surface area contributed by atoms with E-state index in [0.717, 1.165) is 39.4 Å². The molecule has 8 heteroatoms. The highest BCUT2D eigenvalue weighted by molar-refractivity contribution is 7.92. The Kier molecular flexibility index (Phi) is 6.45. The molecule has 1 N–H and O–H groups in total. The molecular weight excluding hydrogens is 402 g/mol. The van der Waals surface area contributed by atoms with Crippen LogP contribution in [0, 0.1) is 13.8 Å². The minimum atomic E-state index is -3.64. The molecule has 1 aliphatic rings. The maximum Gasteiger partial charge on any atom is 0.241 e. The van der Waals surface area contributed by atoms with E-state index < -0.39 is 15.9 Å². The number of rotatable bonds is 7. The molecule has 2 aromatic rings. The number of nitrogens with one attached hydrogen (secondary N) is 1. The Morgan fingerprint density at radius 1 is 1.13 bits per heavy atom. The van der Waals surface area contributed by atoms with Gasteiger partial charge in [-0.25, -0.2) is 8.42 Å². The number of aryl methyl sites for hydroxylation is 2. The van der Waals surface area contributed by atoms with Crippen LogP contribution in [0.3, 0.4) is 0 Å². The van der Waals surface area contributed by atoms with Crippen LogP contribution in [0.15, 0.2) is 42.5 Å². The van der Waals surface area contributed by atoms with E-state index >= 15 is 0 Å². The van der Waals surface area contributed by atoms with Gasteiger partial charge in [0.05, 0.1) is 11.9 Å². The molecule has 0 aliphatic carbocycles. The van der Waals surface area contributed by atoms with E-state index in [-0.39, 0.29) is 19.0 Å². The smallest absolute Gasteiger partial charge is 0.241 e. The minimum absolute atomic E-state index is 0.105. The Morgan fingerprint density at radius 2 is 1.80 bits per heavy atom. The van der Waals surface area contributed by atoms with Crippen LogP contribution in [0.1, 0.15) is 29.5 Å². The van der Waals surface area contributed by atoms with E-state index in [0.29, 0.717) is 18.7 Å². The van der Waals surface area contributed by atoms with Gasteiger partial charge >= 0.3 is 0 Å². The maximum absolute atomic E-state index is 12.6. The first-order chi connectivity index (χ1) is 14.2. The summed E-state index contributed by atoms with van der Waals surface area (Å²) in [4.78, 5) is 26.3. The molecular formula is C22H27N3O4S. The van der Waals surface area contributed by atoms with Gasteiger partial charge in [-0.3, -0.25) is 13.9 Å². The second-order valence-corrected chi connectivity index (χ2v) is 9.51. The number of benzene rings is 2. The summed E-state index contributed by atoms with van der Waals surface area (Å²) in [6, 6.07) is 13.0. The lowest BCUT2D eigenvalue weighted by molar-refractivity contribution is -0.120. The van der Waals surface area contributed by atoms with Crippen LogP contribution in [0.5, 0.6) is 0 Å². The highest BCUT2D eigenvalue weighted by atomic mass is 32.2. The molecule has 7 nitrogen and oxygen atoms in total. The molecule has 3 rings (SSSR count). The predicted molar refractivity (Wildman–Crippen MR) is 118 cm³/mol. The Labute approximate surface area is 177 Å². The van der Waals surface area contributed by atoms with Crippen molar-refractivity contribution in [1.29, 1.82) is 0 Å². The predicted octanol–water partition coefficient (Wildman–Crippen LogP) is 2.51. The van der Waals surface area contributed by atoms with Crippen molar-refractivity contribution in [2.24, 2.45) is 0 Å². The third kappa shape index (κ3) is 4.99. The third-order valence-corrected chi connectivity index (χ3v) is 6.27. The maximum atomic E-state index is 12.6. The van der Waals surface area contributed by atoms with Gasteiger partial charge in [-0.05, 0) is 49.1 Å². The molecule has 0 atom stereocenters. The molecule has 0 radical (unpaired) electrons. The summed E-state index contributed by atoms with van der Waals surface area (Å²) < 4.78 is 25.9. The number of hydrogen-bond acceptors (Lipinski definition) is 4. The van der Waals surface area contributed by atoms with Crippen LogP contribution in [0.4, 0.5) is 11.4 Å². The molecule has 30 heavy (non-hydrogen) atoms. The zero-order chi connectivity index (χ0) is 21.9. The van der Waals surface area contributed by atoms with Gasteiger partial charge in [0.2, 0.25) is 21.8 Å². The number of hydrogen-bond donors (Lipinski definition) is 1. The number of carbonyl (C=O) groups excluding carboxylic acids is 2. The number of carbonyl (C=O) groups is 2. The molecule has 0 bridgehead atoms. The largest absolute Gasteiger partial charge is 0.350 e. The first-order valence-electron chi connectivity index (χ1n) is 9.87. The molecule has 0 spiro atoms. The van der Waals surface area contributed by atoms with Crippen LogP contribution in [0.25, 0.3) is 0 Å². The normalized spacial score (nSPS) is 14.1. The van der Waals surface area contributed by atoms with Crippen molar-refractivity contribution < 1.29 is 18.0 Å². The lowest BCUT2D eigenvalue weighted by Crippen LogP contribution is -2.40. The van der Waals surface area contributed by atoms with Crippen molar-refractivity contribution in [1.82, 2.24) is 5.32 Å². The van der Waals surface area contributed by atoms with Gasteiger partial charge in [0, 0.05) is 25.2 Å². The van der Waals surface area contributed by atoms with Crippen molar-refractivity contribution in [3.05, 3.63) is 59.2 Å². The standard InChI is InChI=1S/C22H27N3O4S/c1-16-7-4-8-17(2)22(16)25(30(3,28)29)15-20(26)23-14-18-9-5-10-19(13-18)24-12-6-11-21(24)27/h4-5,7-10,13H,6,11-12,14-15H2,1-3H3,(H,23,26). The first kappa shape index (κ1) is 21.8. The number of sulfonamides is 1. The summed E-state index contributed by atoms with van der Waals surface area (Å²) in [7, 11) is -3.64. The van der Waals surface area contributed by atoms with Gasteiger partial charge in [-0.2, -0.15) is 0 Å². The van der Waals surface area contributed by atoms with Crippen molar-refractivity contribution in [3.63, 3.8) is 0 Å². The van der Waals surface area contributed by atoms with Gasteiger partial charge in [-0.1, -0.05) is 30.3 Å². The number of anilines is 2. The van der Waals surface area contributed by atoms with E-state index in [9.17, 15) is 18.0 Å². The summed E-state index contributed by atoms with van der Waals surface area (Å²) in [6.07, 6.45) is 2.50. The van der Waals surface area contributed by atoms with E-state index in [1.54, 1.807) is 4.90 Å². The quantitative estimate of drug-likeness (QED) is 0.733. The van der Waals surface area contributed by atoms with Crippen molar-refractivity contribution in [3.8, 4) is 0 Å². The van der Waals surface area contributed by atoms with Crippen molar-refractivity contribution in [2.45, 2.75) is 33.2 Å². The Hall–Kier alpha value is -2.87. The topological polar surface area (TPSA) is 86.8 Å². The Bertz CT molecular complexity index is 1050. The molecule has 160 valence electrons. The second kappa shape index (κ2) is 8.87. The van der Waals surface area contributed by atoms with Crippen LogP contribution in [-0.2, 0) is 26.2 Å². The van der Waals surface area contributed by atoms with E-state index in [2.05, 4.69) is 5.32 Å². The summed E-state index contributed by atoms with van der Waals surface area (Å²) in [5, 5.41) is 2.79.